The highest BCUT2D eigenvalue weighted by Gasteiger charge is 2.18. The minimum absolute atomic E-state index is 0.100. The van der Waals surface area contributed by atoms with Gasteiger partial charge >= 0.3 is 0 Å². The van der Waals surface area contributed by atoms with Crippen LogP contribution in [0, 0.1) is 0 Å². The molecule has 4 heteroatoms. The molecule has 19 heavy (non-hydrogen) atoms. The highest BCUT2D eigenvalue weighted by atomic mass is 35.5. The molecule has 0 aromatic heterocycles. The Hall–Kier alpha value is -1.06. The second kappa shape index (κ2) is 7.51. The first kappa shape index (κ1) is 14.4. The lowest BCUT2D eigenvalue weighted by Crippen LogP contribution is -2.28. The van der Waals surface area contributed by atoms with E-state index < -0.39 is 0 Å². The second-order valence-corrected chi connectivity index (χ2v) is 5.36. The molecule has 0 bridgehead atoms. The van der Waals surface area contributed by atoms with Gasteiger partial charge < -0.3 is 10.1 Å². The third-order valence-electron chi connectivity index (χ3n) is 3.31. The zero-order valence-electron chi connectivity index (χ0n) is 11.0. The van der Waals surface area contributed by atoms with Crippen molar-refractivity contribution in [3.8, 4) is 0 Å². The van der Waals surface area contributed by atoms with Crippen molar-refractivity contribution < 1.29 is 9.53 Å². The summed E-state index contributed by atoms with van der Waals surface area (Å²) in [5.41, 5.74) is 1.25. The number of hydrogen-bond acceptors (Lipinski definition) is 2. The van der Waals surface area contributed by atoms with Gasteiger partial charge in [0, 0.05) is 18.2 Å². The van der Waals surface area contributed by atoms with Crippen molar-refractivity contribution >= 4 is 17.5 Å². The molecule has 104 valence electrons. The number of rotatable bonds is 6. The molecule has 1 N–H and O–H groups in total. The van der Waals surface area contributed by atoms with Gasteiger partial charge in [0.15, 0.2) is 0 Å². The zero-order valence-corrected chi connectivity index (χ0v) is 11.8. The van der Waals surface area contributed by atoms with Crippen molar-refractivity contribution in [3.63, 3.8) is 0 Å². The molecule has 0 unspecified atom stereocenters. The summed E-state index contributed by atoms with van der Waals surface area (Å²) in [6.07, 6.45) is 4.63. The van der Waals surface area contributed by atoms with Crippen LogP contribution in [-0.2, 0) is 16.0 Å². The Morgan fingerprint density at radius 3 is 2.84 bits per heavy atom. The summed E-state index contributed by atoms with van der Waals surface area (Å²) in [7, 11) is 0. The molecule has 1 aromatic carbocycles. The number of amides is 1. The lowest BCUT2D eigenvalue weighted by molar-refractivity contribution is -0.123. The molecule has 1 saturated heterocycles. The standard InChI is InChI=1S/C15H20ClNO2/c16-13-7-5-12(6-8-13)3-1-9-17-15(18)11-14-4-2-10-19-14/h5-8,14H,1-4,9-11H2,(H,17,18)/t14-/m1/s1. The largest absolute Gasteiger partial charge is 0.378 e. The van der Waals surface area contributed by atoms with E-state index in [1.807, 2.05) is 24.3 Å². The first-order valence-corrected chi connectivity index (χ1v) is 7.24. The fraction of sp³-hybridized carbons (Fsp3) is 0.533. The second-order valence-electron chi connectivity index (χ2n) is 4.92. The normalized spacial score (nSPS) is 18.5. The van der Waals surface area contributed by atoms with Crippen LogP contribution in [0.4, 0.5) is 0 Å². The van der Waals surface area contributed by atoms with E-state index in [1.54, 1.807) is 0 Å². The van der Waals surface area contributed by atoms with Crippen LogP contribution < -0.4 is 5.32 Å². The summed E-state index contributed by atoms with van der Waals surface area (Å²) in [6, 6.07) is 7.84. The number of ether oxygens (including phenoxy) is 1. The Labute approximate surface area is 119 Å². The van der Waals surface area contributed by atoms with Gasteiger partial charge in [-0.25, -0.2) is 0 Å². The van der Waals surface area contributed by atoms with Crippen molar-refractivity contribution in [3.05, 3.63) is 34.9 Å². The number of benzene rings is 1. The van der Waals surface area contributed by atoms with Crippen LogP contribution in [0.3, 0.4) is 0 Å². The Morgan fingerprint density at radius 2 is 2.16 bits per heavy atom. The summed E-state index contributed by atoms with van der Waals surface area (Å²) in [5.74, 6) is 0.100. The molecule has 0 spiro atoms. The lowest BCUT2D eigenvalue weighted by Gasteiger charge is -2.09. The van der Waals surface area contributed by atoms with Gasteiger partial charge in [0.1, 0.15) is 0 Å². The number of hydrogen-bond donors (Lipinski definition) is 1. The number of aryl methyl sites for hydroxylation is 1. The fourth-order valence-corrected chi connectivity index (χ4v) is 2.38. The summed E-state index contributed by atoms with van der Waals surface area (Å²) < 4.78 is 5.44. The molecule has 0 radical (unpaired) electrons. The molecule has 0 saturated carbocycles. The molecule has 0 aliphatic carbocycles. The van der Waals surface area contributed by atoms with Crippen molar-refractivity contribution in [1.82, 2.24) is 5.32 Å². The minimum Gasteiger partial charge on any atom is -0.378 e. The predicted molar refractivity (Wildman–Crippen MR) is 76.4 cm³/mol. The van der Waals surface area contributed by atoms with E-state index in [0.29, 0.717) is 13.0 Å². The lowest BCUT2D eigenvalue weighted by atomic mass is 10.1. The quantitative estimate of drug-likeness (QED) is 0.814. The van der Waals surface area contributed by atoms with Crippen LogP contribution in [0.5, 0.6) is 0 Å². The summed E-state index contributed by atoms with van der Waals surface area (Å²) >= 11 is 5.83. The molecule has 1 amide bonds. The van der Waals surface area contributed by atoms with Crippen molar-refractivity contribution in [2.24, 2.45) is 0 Å². The first-order chi connectivity index (χ1) is 9.24. The SMILES string of the molecule is O=C(C[C@H]1CCCO1)NCCCc1ccc(Cl)cc1. The van der Waals surface area contributed by atoms with Crippen LogP contribution in [0.1, 0.15) is 31.2 Å². The minimum atomic E-state index is 0.100. The average Bonchev–Trinajstić information content (AvgIpc) is 2.89. The third-order valence-corrected chi connectivity index (χ3v) is 3.57. The topological polar surface area (TPSA) is 38.3 Å². The first-order valence-electron chi connectivity index (χ1n) is 6.87. The van der Waals surface area contributed by atoms with Crippen molar-refractivity contribution in [2.45, 2.75) is 38.2 Å². The van der Waals surface area contributed by atoms with E-state index in [9.17, 15) is 4.79 Å². The van der Waals surface area contributed by atoms with Gasteiger partial charge in [-0.05, 0) is 43.4 Å². The number of carbonyl (C=O) groups is 1. The van der Waals surface area contributed by atoms with Crippen LogP contribution in [0.2, 0.25) is 5.02 Å². The third kappa shape index (κ3) is 5.21. The van der Waals surface area contributed by atoms with Gasteiger partial charge in [0.2, 0.25) is 5.91 Å². The van der Waals surface area contributed by atoms with Crippen LogP contribution in [0.15, 0.2) is 24.3 Å². The smallest absolute Gasteiger partial charge is 0.222 e. The van der Waals surface area contributed by atoms with E-state index in [1.165, 1.54) is 5.56 Å². The molecule has 1 heterocycles. The Bertz CT molecular complexity index is 399. The molecule has 2 rings (SSSR count). The zero-order chi connectivity index (χ0) is 13.5. The van der Waals surface area contributed by atoms with Gasteiger partial charge in [0.05, 0.1) is 12.5 Å². The number of carbonyl (C=O) groups excluding carboxylic acids is 1. The maximum Gasteiger partial charge on any atom is 0.222 e. The van der Waals surface area contributed by atoms with E-state index in [-0.39, 0.29) is 12.0 Å². The molecule has 1 aromatic rings. The highest BCUT2D eigenvalue weighted by Crippen LogP contribution is 2.15. The fourth-order valence-electron chi connectivity index (χ4n) is 2.26. The van der Waals surface area contributed by atoms with E-state index in [0.717, 1.165) is 37.3 Å². The van der Waals surface area contributed by atoms with Crippen LogP contribution >= 0.6 is 11.6 Å². The van der Waals surface area contributed by atoms with E-state index in [2.05, 4.69) is 5.32 Å². The van der Waals surface area contributed by atoms with E-state index in [4.69, 9.17) is 16.3 Å². The van der Waals surface area contributed by atoms with Crippen molar-refractivity contribution in [1.29, 1.82) is 0 Å². The Morgan fingerprint density at radius 1 is 1.37 bits per heavy atom. The molecular formula is C15H20ClNO2. The molecule has 3 nitrogen and oxygen atoms in total. The summed E-state index contributed by atoms with van der Waals surface area (Å²) in [4.78, 5) is 11.6. The van der Waals surface area contributed by atoms with E-state index >= 15 is 0 Å². The molecule has 1 atom stereocenters. The maximum absolute atomic E-state index is 11.6. The summed E-state index contributed by atoms with van der Waals surface area (Å²) in [5, 5.41) is 3.70. The Kier molecular flexibility index (Phi) is 5.67. The molecule has 1 aliphatic heterocycles. The maximum atomic E-state index is 11.6. The summed E-state index contributed by atoms with van der Waals surface area (Å²) in [6.45, 7) is 1.52. The predicted octanol–water partition coefficient (Wildman–Crippen LogP) is 2.96. The number of nitrogens with one attached hydrogen (secondary N) is 1. The van der Waals surface area contributed by atoms with Gasteiger partial charge in [-0.1, -0.05) is 23.7 Å². The monoisotopic (exact) mass is 281 g/mol. The van der Waals surface area contributed by atoms with Gasteiger partial charge in [-0.2, -0.15) is 0 Å². The average molecular weight is 282 g/mol. The Balaban J connectivity index is 1.58. The van der Waals surface area contributed by atoms with Gasteiger partial charge in [0.25, 0.3) is 0 Å². The van der Waals surface area contributed by atoms with Crippen molar-refractivity contribution in [2.75, 3.05) is 13.2 Å². The molecular weight excluding hydrogens is 262 g/mol. The van der Waals surface area contributed by atoms with Gasteiger partial charge in [-0.3, -0.25) is 4.79 Å². The van der Waals surface area contributed by atoms with Crippen LogP contribution in [-0.4, -0.2) is 25.2 Å². The van der Waals surface area contributed by atoms with Gasteiger partial charge in [-0.15, -0.1) is 0 Å². The number of halogens is 1. The molecule has 1 aliphatic rings. The molecule has 1 fully saturated rings. The van der Waals surface area contributed by atoms with Crippen LogP contribution in [0.25, 0.3) is 0 Å². The highest BCUT2D eigenvalue weighted by molar-refractivity contribution is 6.30.